The molecule has 1 aromatic rings. The second kappa shape index (κ2) is 5.56. The molecule has 0 amide bonds. The molecule has 0 spiro atoms. The summed E-state index contributed by atoms with van der Waals surface area (Å²) in [6, 6.07) is 3.47. The smallest absolute Gasteiger partial charge is 0.0726 e. The Bertz CT molecular complexity index is 452. The summed E-state index contributed by atoms with van der Waals surface area (Å²) < 4.78 is 5.59. The van der Waals surface area contributed by atoms with E-state index in [4.69, 9.17) is 39.5 Å². The van der Waals surface area contributed by atoms with Gasteiger partial charge in [0.2, 0.25) is 0 Å². The molecule has 1 aromatic carbocycles. The fourth-order valence-corrected chi connectivity index (χ4v) is 2.77. The van der Waals surface area contributed by atoms with E-state index in [1.165, 1.54) is 0 Å². The molecule has 0 saturated carbocycles. The Labute approximate surface area is 123 Å². The summed E-state index contributed by atoms with van der Waals surface area (Å²) >= 11 is 18.3. The average Bonchev–Trinajstić information content (AvgIpc) is 2.65. The maximum Gasteiger partial charge on any atom is 0.0726 e. The summed E-state index contributed by atoms with van der Waals surface area (Å²) in [4.78, 5) is 0. The lowest BCUT2D eigenvalue weighted by molar-refractivity contribution is 0.0881. The van der Waals surface area contributed by atoms with E-state index in [-0.39, 0.29) is 11.6 Å². The Hall–Kier alpha value is 0.01000. The van der Waals surface area contributed by atoms with Crippen LogP contribution in [0.25, 0.3) is 0 Å². The molecule has 0 bridgehead atoms. The number of benzene rings is 1. The SMILES string of the molecule is CC1OCCC1(C)NCc1c(Cl)ccc(Cl)c1Cl. The summed E-state index contributed by atoms with van der Waals surface area (Å²) in [7, 11) is 0. The highest BCUT2D eigenvalue weighted by atomic mass is 35.5. The van der Waals surface area contributed by atoms with E-state index < -0.39 is 0 Å². The molecular weight excluding hydrogens is 293 g/mol. The monoisotopic (exact) mass is 307 g/mol. The first-order valence-corrected chi connectivity index (χ1v) is 7.06. The molecule has 2 rings (SSSR count). The molecule has 1 heterocycles. The van der Waals surface area contributed by atoms with Gasteiger partial charge in [-0.25, -0.2) is 0 Å². The van der Waals surface area contributed by atoms with Gasteiger partial charge in [0, 0.05) is 29.3 Å². The lowest BCUT2D eigenvalue weighted by Crippen LogP contribution is -2.47. The van der Waals surface area contributed by atoms with E-state index in [2.05, 4.69) is 19.2 Å². The summed E-state index contributed by atoms with van der Waals surface area (Å²) in [5.41, 5.74) is 0.792. The Morgan fingerprint density at radius 2 is 2.00 bits per heavy atom. The number of hydrogen-bond donors (Lipinski definition) is 1. The summed E-state index contributed by atoms with van der Waals surface area (Å²) in [6.07, 6.45) is 1.15. The zero-order chi connectivity index (χ0) is 13.3. The topological polar surface area (TPSA) is 21.3 Å². The summed E-state index contributed by atoms with van der Waals surface area (Å²) in [5, 5.41) is 5.16. The van der Waals surface area contributed by atoms with E-state index >= 15 is 0 Å². The van der Waals surface area contributed by atoms with Crippen molar-refractivity contribution >= 4 is 34.8 Å². The standard InChI is InChI=1S/C13H16Cl3NO/c1-8-13(2,5-6-18-8)17-7-9-10(14)3-4-11(15)12(9)16/h3-4,8,17H,5-7H2,1-2H3. The van der Waals surface area contributed by atoms with Gasteiger partial charge >= 0.3 is 0 Å². The van der Waals surface area contributed by atoms with Crippen LogP contribution in [0.2, 0.25) is 15.1 Å². The minimum Gasteiger partial charge on any atom is -0.377 e. The van der Waals surface area contributed by atoms with Crippen LogP contribution in [-0.4, -0.2) is 18.2 Å². The van der Waals surface area contributed by atoms with Crippen molar-refractivity contribution in [2.24, 2.45) is 0 Å². The van der Waals surface area contributed by atoms with E-state index in [0.29, 0.717) is 21.6 Å². The number of nitrogens with one attached hydrogen (secondary N) is 1. The van der Waals surface area contributed by atoms with Crippen molar-refractivity contribution in [2.45, 2.75) is 38.5 Å². The lowest BCUT2D eigenvalue weighted by Gasteiger charge is -2.29. The third-order valence-corrected chi connectivity index (χ3v) is 4.89. The van der Waals surface area contributed by atoms with Gasteiger partial charge in [-0.1, -0.05) is 34.8 Å². The fourth-order valence-electron chi connectivity index (χ4n) is 2.09. The van der Waals surface area contributed by atoms with Crippen molar-refractivity contribution in [1.29, 1.82) is 0 Å². The molecule has 100 valence electrons. The lowest BCUT2D eigenvalue weighted by atomic mass is 9.94. The second-order valence-corrected chi connectivity index (χ2v) is 6.05. The highest BCUT2D eigenvalue weighted by Gasteiger charge is 2.36. The number of hydrogen-bond acceptors (Lipinski definition) is 2. The molecule has 0 radical (unpaired) electrons. The van der Waals surface area contributed by atoms with Crippen molar-refractivity contribution < 1.29 is 4.74 Å². The molecule has 0 aromatic heterocycles. The van der Waals surface area contributed by atoms with Gasteiger partial charge in [0.1, 0.15) is 0 Å². The van der Waals surface area contributed by atoms with E-state index in [1.807, 2.05) is 0 Å². The quantitative estimate of drug-likeness (QED) is 0.840. The minimum atomic E-state index is -0.0467. The fraction of sp³-hybridized carbons (Fsp3) is 0.538. The van der Waals surface area contributed by atoms with Crippen molar-refractivity contribution in [3.05, 3.63) is 32.8 Å². The van der Waals surface area contributed by atoms with Gasteiger partial charge in [0.15, 0.2) is 0 Å². The van der Waals surface area contributed by atoms with Gasteiger partial charge in [0.05, 0.1) is 16.1 Å². The molecule has 0 aliphatic carbocycles. The van der Waals surface area contributed by atoms with Crippen LogP contribution < -0.4 is 5.32 Å². The molecule has 2 atom stereocenters. The Kier molecular flexibility index (Phi) is 4.45. The zero-order valence-electron chi connectivity index (χ0n) is 10.4. The van der Waals surface area contributed by atoms with Crippen molar-refractivity contribution in [1.82, 2.24) is 5.32 Å². The zero-order valence-corrected chi connectivity index (χ0v) is 12.7. The highest BCUT2D eigenvalue weighted by Crippen LogP contribution is 2.32. The van der Waals surface area contributed by atoms with Crippen LogP contribution in [0.5, 0.6) is 0 Å². The predicted octanol–water partition coefficient (Wildman–Crippen LogP) is 4.30. The number of rotatable bonds is 3. The van der Waals surface area contributed by atoms with Crippen LogP contribution >= 0.6 is 34.8 Å². The number of ether oxygens (including phenoxy) is 1. The molecule has 2 nitrogen and oxygen atoms in total. The Morgan fingerprint density at radius 3 is 2.61 bits per heavy atom. The van der Waals surface area contributed by atoms with Crippen LogP contribution in [0.3, 0.4) is 0 Å². The van der Waals surface area contributed by atoms with Crippen LogP contribution in [0.15, 0.2) is 12.1 Å². The molecule has 1 saturated heterocycles. The molecule has 1 aliphatic rings. The van der Waals surface area contributed by atoms with Crippen LogP contribution in [0, 0.1) is 0 Å². The molecule has 5 heteroatoms. The van der Waals surface area contributed by atoms with Gasteiger partial charge in [-0.3, -0.25) is 0 Å². The van der Waals surface area contributed by atoms with Crippen LogP contribution in [-0.2, 0) is 11.3 Å². The van der Waals surface area contributed by atoms with Gasteiger partial charge in [-0.2, -0.15) is 0 Å². The number of halogens is 3. The molecular formula is C13H16Cl3NO. The highest BCUT2D eigenvalue weighted by molar-refractivity contribution is 6.44. The molecule has 2 unspecified atom stereocenters. The maximum atomic E-state index is 6.18. The van der Waals surface area contributed by atoms with E-state index in [9.17, 15) is 0 Å². The van der Waals surface area contributed by atoms with Crippen molar-refractivity contribution in [2.75, 3.05) is 6.61 Å². The van der Waals surface area contributed by atoms with E-state index in [1.54, 1.807) is 12.1 Å². The summed E-state index contributed by atoms with van der Waals surface area (Å²) in [5.74, 6) is 0. The van der Waals surface area contributed by atoms with Gasteiger partial charge in [-0.05, 0) is 32.4 Å². The molecule has 18 heavy (non-hydrogen) atoms. The van der Waals surface area contributed by atoms with Gasteiger partial charge in [0.25, 0.3) is 0 Å². The van der Waals surface area contributed by atoms with Crippen LogP contribution in [0.1, 0.15) is 25.8 Å². The first-order valence-electron chi connectivity index (χ1n) is 5.93. The molecule has 1 aliphatic heterocycles. The predicted molar refractivity (Wildman–Crippen MR) is 76.7 cm³/mol. The van der Waals surface area contributed by atoms with Gasteiger partial charge < -0.3 is 10.1 Å². The van der Waals surface area contributed by atoms with Crippen LogP contribution in [0.4, 0.5) is 0 Å². The van der Waals surface area contributed by atoms with Crippen molar-refractivity contribution in [3.63, 3.8) is 0 Å². The second-order valence-electron chi connectivity index (χ2n) is 4.86. The summed E-state index contributed by atoms with van der Waals surface area (Å²) in [6.45, 7) is 5.59. The molecule has 1 N–H and O–H groups in total. The third-order valence-electron chi connectivity index (χ3n) is 3.69. The van der Waals surface area contributed by atoms with Crippen molar-refractivity contribution in [3.8, 4) is 0 Å². The maximum absolute atomic E-state index is 6.18. The molecule has 1 fully saturated rings. The Balaban J connectivity index is 2.13. The minimum absolute atomic E-state index is 0.0467. The average molecular weight is 309 g/mol. The van der Waals surface area contributed by atoms with E-state index in [0.717, 1.165) is 18.6 Å². The third kappa shape index (κ3) is 2.78. The first-order chi connectivity index (χ1) is 8.44. The first kappa shape index (κ1) is 14.4. The normalized spacial score (nSPS) is 27.7. The Morgan fingerprint density at radius 1 is 1.33 bits per heavy atom. The van der Waals surface area contributed by atoms with Gasteiger partial charge in [-0.15, -0.1) is 0 Å². The largest absolute Gasteiger partial charge is 0.377 e.